The molecule has 0 N–H and O–H groups in total. The van der Waals surface area contributed by atoms with Crippen LogP contribution in [0.15, 0.2) is 54.6 Å². The highest BCUT2D eigenvalue weighted by molar-refractivity contribution is 6.30. The minimum atomic E-state index is -0.345. The average Bonchev–Trinajstić information content (AvgIpc) is 2.42. The van der Waals surface area contributed by atoms with Crippen molar-refractivity contribution in [3.05, 3.63) is 70.7 Å². The van der Waals surface area contributed by atoms with Gasteiger partial charge in [0.05, 0.1) is 6.61 Å². The molecule has 2 aromatic carbocycles. The molecule has 0 unspecified atom stereocenters. The third-order valence-electron chi connectivity index (χ3n) is 2.58. The van der Waals surface area contributed by atoms with Crippen LogP contribution in [0.1, 0.15) is 17.2 Å². The van der Waals surface area contributed by atoms with Crippen LogP contribution in [-0.2, 0) is 11.3 Å². The molecule has 0 aromatic heterocycles. The van der Waals surface area contributed by atoms with Crippen LogP contribution < -0.4 is 0 Å². The van der Waals surface area contributed by atoms with Crippen LogP contribution in [0.4, 0.5) is 0 Å². The van der Waals surface area contributed by atoms with Crippen LogP contribution in [0.5, 0.6) is 0 Å². The molecule has 0 saturated carbocycles. The summed E-state index contributed by atoms with van der Waals surface area (Å²) in [5.41, 5.74) is 2.05. The maximum absolute atomic E-state index is 5.84. The highest BCUT2D eigenvalue weighted by Crippen LogP contribution is 2.20. The lowest BCUT2D eigenvalue weighted by Crippen LogP contribution is -2.02. The highest BCUT2D eigenvalue weighted by Gasteiger charge is 2.08. The number of benzene rings is 2. The summed E-state index contributed by atoms with van der Waals surface area (Å²) >= 11 is 5.84. The molecule has 0 spiro atoms. The Bertz CT molecular complexity index is 525. The summed E-state index contributed by atoms with van der Waals surface area (Å²) in [5, 5.41) is 0.692. The van der Waals surface area contributed by atoms with Gasteiger partial charge < -0.3 is 4.74 Å². The van der Waals surface area contributed by atoms with Gasteiger partial charge in [0.1, 0.15) is 6.10 Å². The van der Waals surface area contributed by atoms with Gasteiger partial charge in [-0.15, -0.1) is 6.42 Å². The molecular formula is C16H13ClO. The summed E-state index contributed by atoms with van der Waals surface area (Å²) in [7, 11) is 0. The molecule has 18 heavy (non-hydrogen) atoms. The minimum absolute atomic E-state index is 0.345. The Balaban J connectivity index is 2.02. The third-order valence-corrected chi connectivity index (χ3v) is 2.84. The van der Waals surface area contributed by atoms with Gasteiger partial charge in [0.25, 0.3) is 0 Å². The van der Waals surface area contributed by atoms with Gasteiger partial charge in [-0.25, -0.2) is 0 Å². The zero-order valence-electron chi connectivity index (χ0n) is 9.84. The molecule has 0 aliphatic carbocycles. The number of rotatable bonds is 4. The molecule has 0 fully saturated rings. The lowest BCUT2D eigenvalue weighted by molar-refractivity contribution is 0.0782. The molecule has 0 heterocycles. The molecule has 2 rings (SSSR count). The van der Waals surface area contributed by atoms with E-state index >= 15 is 0 Å². The Morgan fingerprint density at radius 2 is 1.72 bits per heavy atom. The van der Waals surface area contributed by atoms with E-state index in [0.29, 0.717) is 11.6 Å². The molecule has 1 atom stereocenters. The molecule has 90 valence electrons. The van der Waals surface area contributed by atoms with Crippen molar-refractivity contribution < 1.29 is 4.74 Å². The molecule has 2 aromatic rings. The fourth-order valence-electron chi connectivity index (χ4n) is 1.63. The number of hydrogen-bond acceptors (Lipinski definition) is 1. The van der Waals surface area contributed by atoms with E-state index in [1.807, 2.05) is 54.6 Å². The summed E-state index contributed by atoms with van der Waals surface area (Å²) in [6.07, 6.45) is 5.15. The van der Waals surface area contributed by atoms with Crippen LogP contribution in [0.3, 0.4) is 0 Å². The first-order valence-corrected chi connectivity index (χ1v) is 6.04. The monoisotopic (exact) mass is 256 g/mol. The quantitative estimate of drug-likeness (QED) is 0.744. The second-order valence-corrected chi connectivity index (χ2v) is 4.33. The van der Waals surface area contributed by atoms with Crippen molar-refractivity contribution in [2.24, 2.45) is 0 Å². The molecule has 0 amide bonds. The second kappa shape index (κ2) is 6.26. The molecule has 0 saturated heterocycles. The zero-order valence-corrected chi connectivity index (χ0v) is 10.6. The van der Waals surface area contributed by atoms with E-state index < -0.39 is 0 Å². The molecule has 0 bridgehead atoms. The predicted molar refractivity (Wildman–Crippen MR) is 74.3 cm³/mol. The SMILES string of the molecule is C#C[C@@H](OCc1ccccc1)c1ccc(Cl)cc1. The van der Waals surface area contributed by atoms with Gasteiger partial charge in [-0.2, -0.15) is 0 Å². The summed E-state index contributed by atoms with van der Waals surface area (Å²) in [6.45, 7) is 0.498. The summed E-state index contributed by atoms with van der Waals surface area (Å²) in [4.78, 5) is 0. The first kappa shape index (κ1) is 12.7. The van der Waals surface area contributed by atoms with Crippen molar-refractivity contribution >= 4 is 11.6 Å². The molecule has 0 aliphatic heterocycles. The van der Waals surface area contributed by atoms with Gasteiger partial charge in [-0.05, 0) is 23.3 Å². The molecule has 0 aliphatic rings. The van der Waals surface area contributed by atoms with E-state index in [1.54, 1.807) is 0 Å². The second-order valence-electron chi connectivity index (χ2n) is 3.89. The van der Waals surface area contributed by atoms with E-state index in [1.165, 1.54) is 0 Å². The number of terminal acetylenes is 1. The van der Waals surface area contributed by atoms with Gasteiger partial charge in [-0.3, -0.25) is 0 Å². The van der Waals surface area contributed by atoms with Crippen molar-refractivity contribution in [2.75, 3.05) is 0 Å². The van der Waals surface area contributed by atoms with Crippen LogP contribution in [0.2, 0.25) is 5.02 Å². The van der Waals surface area contributed by atoms with Crippen molar-refractivity contribution in [3.8, 4) is 12.3 Å². The van der Waals surface area contributed by atoms with Crippen LogP contribution in [0, 0.1) is 12.3 Å². The average molecular weight is 257 g/mol. The summed E-state index contributed by atoms with van der Waals surface area (Å²) < 4.78 is 5.72. The summed E-state index contributed by atoms with van der Waals surface area (Å²) in [6, 6.07) is 17.3. The lowest BCUT2D eigenvalue weighted by Gasteiger charge is -2.12. The maximum atomic E-state index is 5.84. The summed E-state index contributed by atoms with van der Waals surface area (Å²) in [5.74, 6) is 2.64. The van der Waals surface area contributed by atoms with E-state index in [4.69, 9.17) is 22.8 Å². The van der Waals surface area contributed by atoms with Gasteiger partial charge in [0.2, 0.25) is 0 Å². The minimum Gasteiger partial charge on any atom is -0.356 e. The number of halogens is 1. The smallest absolute Gasteiger partial charge is 0.143 e. The Kier molecular flexibility index (Phi) is 4.41. The Hall–Kier alpha value is -1.75. The first-order chi connectivity index (χ1) is 8.79. The fourth-order valence-corrected chi connectivity index (χ4v) is 1.76. The predicted octanol–water partition coefficient (Wildman–Crippen LogP) is 4.23. The fraction of sp³-hybridized carbons (Fsp3) is 0.125. The molecule has 0 radical (unpaired) electrons. The first-order valence-electron chi connectivity index (χ1n) is 5.66. The van der Waals surface area contributed by atoms with Gasteiger partial charge in [-0.1, -0.05) is 60.0 Å². The largest absolute Gasteiger partial charge is 0.356 e. The molecule has 1 nitrogen and oxygen atoms in total. The third kappa shape index (κ3) is 3.37. The van der Waals surface area contributed by atoms with Crippen molar-refractivity contribution in [1.29, 1.82) is 0 Å². The van der Waals surface area contributed by atoms with E-state index in [-0.39, 0.29) is 6.10 Å². The van der Waals surface area contributed by atoms with Crippen LogP contribution >= 0.6 is 11.6 Å². The maximum Gasteiger partial charge on any atom is 0.143 e. The van der Waals surface area contributed by atoms with Gasteiger partial charge >= 0.3 is 0 Å². The normalized spacial score (nSPS) is 11.8. The Morgan fingerprint density at radius 3 is 2.33 bits per heavy atom. The van der Waals surface area contributed by atoms with Crippen molar-refractivity contribution in [2.45, 2.75) is 12.7 Å². The van der Waals surface area contributed by atoms with Crippen LogP contribution in [-0.4, -0.2) is 0 Å². The molecular weight excluding hydrogens is 244 g/mol. The van der Waals surface area contributed by atoms with Crippen molar-refractivity contribution in [3.63, 3.8) is 0 Å². The van der Waals surface area contributed by atoms with E-state index in [9.17, 15) is 0 Å². The van der Waals surface area contributed by atoms with E-state index in [0.717, 1.165) is 11.1 Å². The van der Waals surface area contributed by atoms with Gasteiger partial charge in [0, 0.05) is 5.02 Å². The van der Waals surface area contributed by atoms with Crippen molar-refractivity contribution in [1.82, 2.24) is 0 Å². The Labute approximate surface area is 112 Å². The lowest BCUT2D eigenvalue weighted by atomic mass is 10.1. The highest BCUT2D eigenvalue weighted by atomic mass is 35.5. The topological polar surface area (TPSA) is 9.23 Å². The number of hydrogen-bond donors (Lipinski definition) is 0. The standard InChI is InChI=1S/C16H13ClO/c1-2-16(14-8-10-15(17)11-9-14)18-12-13-6-4-3-5-7-13/h1,3-11,16H,12H2/t16-/m1/s1. The van der Waals surface area contributed by atoms with E-state index in [2.05, 4.69) is 5.92 Å². The zero-order chi connectivity index (χ0) is 12.8. The van der Waals surface area contributed by atoms with Crippen LogP contribution in [0.25, 0.3) is 0 Å². The molecule has 2 heteroatoms. The Morgan fingerprint density at radius 1 is 1.06 bits per heavy atom. The number of ether oxygens (including phenoxy) is 1. The van der Waals surface area contributed by atoms with Gasteiger partial charge in [0.15, 0.2) is 0 Å².